The van der Waals surface area contributed by atoms with Gasteiger partial charge in [0.05, 0.1) is 6.61 Å². The molecule has 16 heavy (non-hydrogen) atoms. The van der Waals surface area contributed by atoms with Gasteiger partial charge in [-0.3, -0.25) is 4.90 Å². The number of halogens is 1. The van der Waals surface area contributed by atoms with Crippen molar-refractivity contribution in [2.24, 2.45) is 5.92 Å². The van der Waals surface area contributed by atoms with E-state index in [0.29, 0.717) is 5.92 Å². The van der Waals surface area contributed by atoms with Crippen molar-refractivity contribution >= 4 is 11.6 Å². The SMILES string of the molecule is CC(C)COCCN(CCCl)C1CCCC1. The molecular formula is C13H26ClNO. The summed E-state index contributed by atoms with van der Waals surface area (Å²) in [5.41, 5.74) is 0. The number of hydrogen-bond donors (Lipinski definition) is 0. The molecule has 0 aromatic heterocycles. The zero-order valence-corrected chi connectivity index (χ0v) is 11.5. The number of alkyl halides is 1. The monoisotopic (exact) mass is 247 g/mol. The molecule has 1 saturated carbocycles. The fourth-order valence-electron chi connectivity index (χ4n) is 2.36. The Morgan fingerprint density at radius 2 is 1.94 bits per heavy atom. The van der Waals surface area contributed by atoms with Crippen LogP contribution >= 0.6 is 11.6 Å². The minimum absolute atomic E-state index is 0.632. The van der Waals surface area contributed by atoms with Crippen LogP contribution in [0.3, 0.4) is 0 Å². The minimum atomic E-state index is 0.632. The second-order valence-electron chi connectivity index (χ2n) is 5.13. The van der Waals surface area contributed by atoms with Gasteiger partial charge < -0.3 is 4.74 Å². The third kappa shape index (κ3) is 5.51. The number of rotatable bonds is 8. The Kier molecular flexibility index (Phi) is 7.42. The lowest BCUT2D eigenvalue weighted by molar-refractivity contribution is 0.0749. The smallest absolute Gasteiger partial charge is 0.0593 e. The van der Waals surface area contributed by atoms with E-state index in [4.69, 9.17) is 16.3 Å². The summed E-state index contributed by atoms with van der Waals surface area (Å²) in [6, 6.07) is 0.765. The Morgan fingerprint density at radius 3 is 2.50 bits per heavy atom. The van der Waals surface area contributed by atoms with Crippen molar-refractivity contribution in [1.29, 1.82) is 0 Å². The molecule has 0 saturated heterocycles. The Bertz CT molecular complexity index is 169. The van der Waals surface area contributed by atoms with E-state index < -0.39 is 0 Å². The fraction of sp³-hybridized carbons (Fsp3) is 1.00. The molecule has 3 heteroatoms. The average Bonchev–Trinajstić information content (AvgIpc) is 2.75. The first-order valence-corrected chi connectivity index (χ1v) is 7.15. The van der Waals surface area contributed by atoms with Crippen molar-refractivity contribution in [3.05, 3.63) is 0 Å². The van der Waals surface area contributed by atoms with Crippen molar-refractivity contribution in [1.82, 2.24) is 4.90 Å². The standard InChI is InChI=1S/C13H26ClNO/c1-12(2)11-16-10-9-15(8-7-14)13-5-3-4-6-13/h12-13H,3-11H2,1-2H3. The number of hydrogen-bond acceptors (Lipinski definition) is 2. The molecule has 0 atom stereocenters. The Labute approximate surface area is 105 Å². The molecule has 0 aromatic carbocycles. The predicted molar refractivity (Wildman–Crippen MR) is 70.2 cm³/mol. The Hall–Kier alpha value is 0.210. The largest absolute Gasteiger partial charge is 0.380 e. The Morgan fingerprint density at radius 1 is 1.25 bits per heavy atom. The maximum absolute atomic E-state index is 5.86. The van der Waals surface area contributed by atoms with Crippen molar-refractivity contribution in [3.63, 3.8) is 0 Å². The summed E-state index contributed by atoms with van der Waals surface area (Å²) in [6.07, 6.45) is 5.47. The van der Waals surface area contributed by atoms with Crippen LogP contribution in [0.5, 0.6) is 0 Å². The molecule has 2 nitrogen and oxygen atoms in total. The molecule has 0 aromatic rings. The molecule has 0 radical (unpaired) electrons. The van der Waals surface area contributed by atoms with Gasteiger partial charge in [-0.1, -0.05) is 26.7 Å². The third-order valence-corrected chi connectivity index (χ3v) is 3.36. The summed E-state index contributed by atoms with van der Waals surface area (Å²) < 4.78 is 5.65. The van der Waals surface area contributed by atoms with Crippen LogP contribution in [0.25, 0.3) is 0 Å². The zero-order chi connectivity index (χ0) is 11.8. The lowest BCUT2D eigenvalue weighted by Gasteiger charge is -2.27. The zero-order valence-electron chi connectivity index (χ0n) is 10.8. The molecule has 1 aliphatic rings. The van der Waals surface area contributed by atoms with Crippen LogP contribution in [0.4, 0.5) is 0 Å². The van der Waals surface area contributed by atoms with Gasteiger partial charge >= 0.3 is 0 Å². The molecule has 96 valence electrons. The van der Waals surface area contributed by atoms with E-state index in [9.17, 15) is 0 Å². The van der Waals surface area contributed by atoms with Crippen LogP contribution in [0.1, 0.15) is 39.5 Å². The van der Waals surface area contributed by atoms with Gasteiger partial charge in [-0.25, -0.2) is 0 Å². The van der Waals surface area contributed by atoms with Gasteiger partial charge in [0, 0.05) is 31.6 Å². The van der Waals surface area contributed by atoms with Crippen molar-refractivity contribution in [2.75, 3.05) is 32.2 Å². The summed E-state index contributed by atoms with van der Waals surface area (Å²) in [5, 5.41) is 0. The molecule has 1 fully saturated rings. The molecule has 0 amide bonds. The van der Waals surface area contributed by atoms with Crippen LogP contribution in [-0.4, -0.2) is 43.1 Å². The van der Waals surface area contributed by atoms with E-state index in [1.807, 2.05) is 0 Å². The lowest BCUT2D eigenvalue weighted by atomic mass is 10.2. The van der Waals surface area contributed by atoms with Gasteiger partial charge in [0.15, 0.2) is 0 Å². The highest BCUT2D eigenvalue weighted by atomic mass is 35.5. The highest BCUT2D eigenvalue weighted by Crippen LogP contribution is 2.23. The highest BCUT2D eigenvalue weighted by molar-refractivity contribution is 6.18. The van der Waals surface area contributed by atoms with Gasteiger partial charge in [-0.15, -0.1) is 11.6 Å². The summed E-state index contributed by atoms with van der Waals surface area (Å²) in [7, 11) is 0. The topological polar surface area (TPSA) is 12.5 Å². The fourth-order valence-corrected chi connectivity index (χ4v) is 2.57. The molecule has 0 spiro atoms. The average molecular weight is 248 g/mol. The second kappa shape index (κ2) is 8.32. The maximum atomic E-state index is 5.86. The second-order valence-corrected chi connectivity index (χ2v) is 5.51. The van der Waals surface area contributed by atoms with Gasteiger partial charge in [0.1, 0.15) is 0 Å². The molecule has 0 N–H and O–H groups in total. The van der Waals surface area contributed by atoms with Gasteiger partial charge in [0.2, 0.25) is 0 Å². The van der Waals surface area contributed by atoms with Crippen molar-refractivity contribution in [3.8, 4) is 0 Å². The first-order chi connectivity index (χ1) is 7.74. The normalized spacial score (nSPS) is 17.8. The van der Waals surface area contributed by atoms with E-state index in [2.05, 4.69) is 18.7 Å². The third-order valence-electron chi connectivity index (χ3n) is 3.19. The van der Waals surface area contributed by atoms with Gasteiger partial charge in [-0.2, -0.15) is 0 Å². The molecule has 0 bridgehead atoms. The first-order valence-electron chi connectivity index (χ1n) is 6.61. The van der Waals surface area contributed by atoms with Gasteiger partial charge in [0.25, 0.3) is 0 Å². The first kappa shape index (κ1) is 14.3. The summed E-state index contributed by atoms with van der Waals surface area (Å²) in [5.74, 6) is 1.37. The molecule has 1 aliphatic carbocycles. The van der Waals surface area contributed by atoms with Crippen LogP contribution in [0, 0.1) is 5.92 Å². The van der Waals surface area contributed by atoms with Crippen LogP contribution in [0.15, 0.2) is 0 Å². The quantitative estimate of drug-likeness (QED) is 0.483. The van der Waals surface area contributed by atoms with E-state index in [0.717, 1.165) is 38.2 Å². The minimum Gasteiger partial charge on any atom is -0.380 e. The summed E-state index contributed by atoms with van der Waals surface area (Å²) in [4.78, 5) is 2.51. The highest BCUT2D eigenvalue weighted by Gasteiger charge is 2.21. The van der Waals surface area contributed by atoms with E-state index >= 15 is 0 Å². The molecule has 0 heterocycles. The van der Waals surface area contributed by atoms with Crippen LogP contribution in [0.2, 0.25) is 0 Å². The molecule has 0 aliphatic heterocycles. The van der Waals surface area contributed by atoms with E-state index in [1.165, 1.54) is 25.7 Å². The molecule has 0 unspecified atom stereocenters. The van der Waals surface area contributed by atoms with E-state index in [-0.39, 0.29) is 0 Å². The van der Waals surface area contributed by atoms with Crippen molar-refractivity contribution in [2.45, 2.75) is 45.6 Å². The molecular weight excluding hydrogens is 222 g/mol. The summed E-state index contributed by atoms with van der Waals surface area (Å²) >= 11 is 5.86. The Balaban J connectivity index is 2.17. The maximum Gasteiger partial charge on any atom is 0.0593 e. The van der Waals surface area contributed by atoms with Crippen molar-refractivity contribution < 1.29 is 4.74 Å². The number of nitrogens with zero attached hydrogens (tertiary/aromatic N) is 1. The summed E-state index contributed by atoms with van der Waals surface area (Å²) in [6.45, 7) is 8.16. The lowest BCUT2D eigenvalue weighted by Crippen LogP contribution is -2.37. The van der Waals surface area contributed by atoms with Crippen LogP contribution < -0.4 is 0 Å². The van der Waals surface area contributed by atoms with Gasteiger partial charge in [-0.05, 0) is 18.8 Å². The van der Waals surface area contributed by atoms with E-state index in [1.54, 1.807) is 0 Å². The molecule has 1 rings (SSSR count). The number of ether oxygens (including phenoxy) is 1. The van der Waals surface area contributed by atoms with Crippen LogP contribution in [-0.2, 0) is 4.74 Å². The predicted octanol–water partition coefficient (Wildman–Crippen LogP) is 3.14.